The van der Waals surface area contributed by atoms with Gasteiger partial charge in [-0.15, -0.1) is 0 Å². The summed E-state index contributed by atoms with van der Waals surface area (Å²) in [7, 11) is 0. The van der Waals surface area contributed by atoms with Crippen LogP contribution in [0.3, 0.4) is 0 Å². The van der Waals surface area contributed by atoms with E-state index in [1.165, 1.54) is 18.4 Å². The van der Waals surface area contributed by atoms with Gasteiger partial charge in [-0.3, -0.25) is 4.79 Å². The summed E-state index contributed by atoms with van der Waals surface area (Å²) < 4.78 is 5.72. The molecule has 0 spiro atoms. The summed E-state index contributed by atoms with van der Waals surface area (Å²) in [5, 5.41) is 0. The predicted octanol–water partition coefficient (Wildman–Crippen LogP) is 3.74. The molecule has 0 N–H and O–H groups in total. The van der Waals surface area contributed by atoms with E-state index in [0.29, 0.717) is 23.7 Å². The van der Waals surface area contributed by atoms with Crippen LogP contribution in [0, 0.1) is 11.3 Å². The van der Waals surface area contributed by atoms with E-state index >= 15 is 0 Å². The lowest BCUT2D eigenvalue weighted by Crippen LogP contribution is -2.17. The third-order valence-corrected chi connectivity index (χ3v) is 4.75. The second-order valence-corrected chi connectivity index (χ2v) is 6.08. The fourth-order valence-electron chi connectivity index (χ4n) is 3.56. The summed E-state index contributed by atoms with van der Waals surface area (Å²) in [5.74, 6) is 0.937. The van der Waals surface area contributed by atoms with Gasteiger partial charge in [0.25, 0.3) is 0 Å². The van der Waals surface area contributed by atoms with Crippen molar-refractivity contribution < 1.29 is 9.53 Å². The predicted molar refractivity (Wildman–Crippen MR) is 74.7 cm³/mol. The molecular formula is C17H22O2. The highest BCUT2D eigenvalue weighted by atomic mass is 16.5. The van der Waals surface area contributed by atoms with E-state index in [2.05, 4.69) is 12.1 Å². The largest absolute Gasteiger partial charge is 0.377 e. The second-order valence-electron chi connectivity index (χ2n) is 6.08. The number of Topliss-reactive ketones (excluding diaryl/α,β-unsaturated/α-hetero) is 1. The zero-order chi connectivity index (χ0) is 13.1. The van der Waals surface area contributed by atoms with Crippen LogP contribution in [-0.2, 0) is 16.1 Å². The Balaban J connectivity index is 1.35. The average Bonchev–Trinajstić information content (AvgIpc) is 3.16. The molecule has 0 aliphatic heterocycles. The van der Waals surface area contributed by atoms with Crippen molar-refractivity contribution in [3.8, 4) is 0 Å². The molecule has 3 rings (SSSR count). The Morgan fingerprint density at radius 3 is 2.95 bits per heavy atom. The topological polar surface area (TPSA) is 26.3 Å². The van der Waals surface area contributed by atoms with Crippen molar-refractivity contribution >= 4 is 5.78 Å². The number of carbonyl (C=O) groups excluding carboxylic acids is 1. The molecule has 102 valence electrons. The molecule has 1 aromatic carbocycles. The lowest BCUT2D eigenvalue weighted by atomic mass is 9.84. The second kappa shape index (κ2) is 5.46. The minimum absolute atomic E-state index is 0.394. The minimum atomic E-state index is 0.394. The van der Waals surface area contributed by atoms with Crippen molar-refractivity contribution in [2.24, 2.45) is 11.3 Å². The normalized spacial score (nSPS) is 29.1. The van der Waals surface area contributed by atoms with Gasteiger partial charge in [0, 0.05) is 18.9 Å². The Hall–Kier alpha value is -1.15. The molecule has 2 heteroatoms. The zero-order valence-electron chi connectivity index (χ0n) is 11.4. The standard InChI is InChI=1S/C17H22O2/c18-16-8-4-9-17(12-15(16)17)10-5-11-19-13-14-6-2-1-3-7-14/h1-3,6-7,15H,4-5,8-13H2. The first kappa shape index (κ1) is 12.9. The maximum atomic E-state index is 11.7. The van der Waals surface area contributed by atoms with Crippen LogP contribution in [0.4, 0.5) is 0 Å². The van der Waals surface area contributed by atoms with Crippen LogP contribution in [-0.4, -0.2) is 12.4 Å². The van der Waals surface area contributed by atoms with E-state index in [9.17, 15) is 4.79 Å². The molecule has 0 amide bonds. The quantitative estimate of drug-likeness (QED) is 0.726. The number of carbonyl (C=O) groups is 1. The molecule has 19 heavy (non-hydrogen) atoms. The van der Waals surface area contributed by atoms with Crippen molar-refractivity contribution in [1.29, 1.82) is 0 Å². The number of fused-ring (bicyclic) bond motifs is 1. The number of benzene rings is 1. The molecule has 2 atom stereocenters. The van der Waals surface area contributed by atoms with Crippen LogP contribution in [0.2, 0.25) is 0 Å². The maximum Gasteiger partial charge on any atom is 0.136 e. The lowest BCUT2D eigenvalue weighted by Gasteiger charge is -2.20. The molecule has 2 aliphatic carbocycles. The highest BCUT2D eigenvalue weighted by molar-refractivity contribution is 5.85. The monoisotopic (exact) mass is 258 g/mol. The maximum absolute atomic E-state index is 11.7. The summed E-state index contributed by atoms with van der Waals surface area (Å²) in [4.78, 5) is 11.7. The first-order valence-corrected chi connectivity index (χ1v) is 7.45. The molecule has 2 saturated carbocycles. The lowest BCUT2D eigenvalue weighted by molar-refractivity contribution is -0.122. The van der Waals surface area contributed by atoms with E-state index in [-0.39, 0.29) is 0 Å². The molecule has 2 aliphatic rings. The molecular weight excluding hydrogens is 236 g/mol. The number of rotatable bonds is 6. The smallest absolute Gasteiger partial charge is 0.136 e. The molecule has 0 bridgehead atoms. The highest BCUT2D eigenvalue weighted by Gasteiger charge is 2.57. The minimum Gasteiger partial charge on any atom is -0.377 e. The molecule has 2 fully saturated rings. The highest BCUT2D eigenvalue weighted by Crippen LogP contribution is 2.62. The first-order valence-electron chi connectivity index (χ1n) is 7.45. The van der Waals surface area contributed by atoms with E-state index in [0.717, 1.165) is 32.3 Å². The number of hydrogen-bond acceptors (Lipinski definition) is 2. The van der Waals surface area contributed by atoms with Crippen LogP contribution < -0.4 is 0 Å². The molecule has 0 aromatic heterocycles. The first-order chi connectivity index (χ1) is 9.30. The molecule has 0 saturated heterocycles. The van der Waals surface area contributed by atoms with Crippen molar-refractivity contribution in [1.82, 2.24) is 0 Å². The Bertz CT molecular complexity index is 440. The summed E-state index contributed by atoms with van der Waals surface area (Å²) in [6, 6.07) is 10.3. The van der Waals surface area contributed by atoms with Gasteiger partial charge in [0.05, 0.1) is 6.61 Å². The van der Waals surface area contributed by atoms with Gasteiger partial charge >= 0.3 is 0 Å². The molecule has 1 aromatic rings. The van der Waals surface area contributed by atoms with Crippen molar-refractivity contribution in [2.45, 2.75) is 45.1 Å². The van der Waals surface area contributed by atoms with Gasteiger partial charge in [-0.05, 0) is 43.1 Å². The van der Waals surface area contributed by atoms with Gasteiger partial charge in [0.1, 0.15) is 5.78 Å². The Labute approximate surface area is 115 Å². The Morgan fingerprint density at radius 2 is 2.11 bits per heavy atom. The average molecular weight is 258 g/mol. The van der Waals surface area contributed by atoms with Crippen molar-refractivity contribution in [3.05, 3.63) is 35.9 Å². The van der Waals surface area contributed by atoms with Crippen LogP contribution in [0.1, 0.15) is 44.1 Å². The summed E-state index contributed by atoms with van der Waals surface area (Å²) in [6.45, 7) is 1.52. The summed E-state index contributed by atoms with van der Waals surface area (Å²) in [5.41, 5.74) is 1.63. The number of ether oxygens (including phenoxy) is 1. The molecule has 2 nitrogen and oxygen atoms in total. The number of ketones is 1. The summed E-state index contributed by atoms with van der Waals surface area (Å²) >= 11 is 0. The number of hydrogen-bond donors (Lipinski definition) is 0. The van der Waals surface area contributed by atoms with Gasteiger partial charge in [0.15, 0.2) is 0 Å². The van der Waals surface area contributed by atoms with Gasteiger partial charge in [-0.2, -0.15) is 0 Å². The molecule has 0 radical (unpaired) electrons. The van der Waals surface area contributed by atoms with E-state index in [4.69, 9.17) is 4.74 Å². The Kier molecular flexibility index (Phi) is 3.69. The van der Waals surface area contributed by atoms with Crippen molar-refractivity contribution in [3.63, 3.8) is 0 Å². The third-order valence-electron chi connectivity index (χ3n) is 4.75. The van der Waals surface area contributed by atoms with Crippen LogP contribution in [0.25, 0.3) is 0 Å². The zero-order valence-corrected chi connectivity index (χ0v) is 11.4. The fourth-order valence-corrected chi connectivity index (χ4v) is 3.56. The van der Waals surface area contributed by atoms with Gasteiger partial charge in [0.2, 0.25) is 0 Å². The van der Waals surface area contributed by atoms with Gasteiger partial charge < -0.3 is 4.74 Å². The van der Waals surface area contributed by atoms with Crippen LogP contribution in [0.15, 0.2) is 30.3 Å². The molecule has 2 unspecified atom stereocenters. The van der Waals surface area contributed by atoms with Gasteiger partial charge in [-0.25, -0.2) is 0 Å². The van der Waals surface area contributed by atoms with Gasteiger partial charge in [-0.1, -0.05) is 30.3 Å². The summed E-state index contributed by atoms with van der Waals surface area (Å²) in [6.07, 6.45) is 6.64. The molecule has 0 heterocycles. The fraction of sp³-hybridized carbons (Fsp3) is 0.588. The SMILES string of the molecule is O=C1CCCC2(CCCOCc3ccccc3)CC12. The third kappa shape index (κ3) is 2.89. The van der Waals surface area contributed by atoms with E-state index in [1.807, 2.05) is 18.2 Å². The Morgan fingerprint density at radius 1 is 1.26 bits per heavy atom. The van der Waals surface area contributed by atoms with Crippen LogP contribution >= 0.6 is 0 Å². The van der Waals surface area contributed by atoms with Crippen LogP contribution in [0.5, 0.6) is 0 Å². The van der Waals surface area contributed by atoms with E-state index < -0.39 is 0 Å². The van der Waals surface area contributed by atoms with E-state index in [1.54, 1.807) is 0 Å². The van der Waals surface area contributed by atoms with Crippen molar-refractivity contribution in [2.75, 3.05) is 6.61 Å².